The molecule has 0 amide bonds. The van der Waals surface area contributed by atoms with Gasteiger partial charge in [-0.1, -0.05) is 84.0 Å². The smallest absolute Gasteiger partial charge is 0.0254 e. The summed E-state index contributed by atoms with van der Waals surface area (Å²) in [6, 6.07) is 17.0. The monoisotopic (exact) mass is 234 g/mol. The third-order valence-electron chi connectivity index (χ3n) is 2.81. The lowest BCUT2D eigenvalue weighted by Gasteiger charge is -1.95. The minimum Gasteiger partial charge on any atom is -0.0617 e. The van der Waals surface area contributed by atoms with Gasteiger partial charge in [0.2, 0.25) is 0 Å². The Hall–Kier alpha value is -2.08. The molecule has 0 N–H and O–H groups in total. The van der Waals surface area contributed by atoms with Gasteiger partial charge in [-0.3, -0.25) is 0 Å². The van der Waals surface area contributed by atoms with E-state index < -0.39 is 0 Å². The minimum atomic E-state index is 1.23. The molecule has 2 aromatic carbocycles. The van der Waals surface area contributed by atoms with Crippen molar-refractivity contribution in [2.24, 2.45) is 0 Å². The largest absolute Gasteiger partial charge is 0.0617 e. The Morgan fingerprint density at radius 3 is 2.00 bits per heavy atom. The highest BCUT2D eigenvalue weighted by atomic mass is 13.9. The molecule has 0 bridgehead atoms. The summed E-state index contributed by atoms with van der Waals surface area (Å²) >= 11 is 0. The maximum atomic E-state index is 2.18. The van der Waals surface area contributed by atoms with Gasteiger partial charge in [0.05, 0.1) is 0 Å². The van der Waals surface area contributed by atoms with Gasteiger partial charge in [0.15, 0.2) is 0 Å². The van der Waals surface area contributed by atoms with Gasteiger partial charge in [0.1, 0.15) is 0 Å². The number of hydrogen-bond acceptors (Lipinski definition) is 0. The molecular weight excluding hydrogens is 216 g/mol. The average Bonchev–Trinajstić information content (AvgIpc) is 2.37. The van der Waals surface area contributed by atoms with E-state index in [4.69, 9.17) is 0 Å². The first kappa shape index (κ1) is 12.4. The summed E-state index contributed by atoms with van der Waals surface area (Å²) in [5.74, 6) is 0. The Bertz CT molecular complexity index is 557. The number of rotatable bonds is 3. The highest BCUT2D eigenvalue weighted by Gasteiger charge is 1.86. The SMILES string of the molecule is Cc1ccc(C=CC=Cc2cccc(C)c2)cc1. The average molecular weight is 234 g/mol. The summed E-state index contributed by atoms with van der Waals surface area (Å²) in [6.07, 6.45) is 8.39. The second-order valence-corrected chi connectivity index (χ2v) is 4.54. The molecule has 90 valence electrons. The summed E-state index contributed by atoms with van der Waals surface area (Å²) < 4.78 is 0. The van der Waals surface area contributed by atoms with E-state index in [-0.39, 0.29) is 0 Å². The normalized spacial score (nSPS) is 11.4. The molecule has 0 atom stereocenters. The maximum absolute atomic E-state index is 2.18. The molecule has 0 aliphatic carbocycles. The third kappa shape index (κ3) is 3.74. The van der Waals surface area contributed by atoms with Crippen molar-refractivity contribution >= 4 is 12.2 Å². The molecule has 0 heteroatoms. The summed E-state index contributed by atoms with van der Waals surface area (Å²) in [5, 5.41) is 0. The highest BCUT2D eigenvalue weighted by molar-refractivity contribution is 5.57. The van der Waals surface area contributed by atoms with Gasteiger partial charge in [-0.2, -0.15) is 0 Å². The van der Waals surface area contributed by atoms with E-state index in [1.165, 1.54) is 22.3 Å². The first-order valence-electron chi connectivity index (χ1n) is 6.22. The molecule has 0 fully saturated rings. The van der Waals surface area contributed by atoms with Crippen molar-refractivity contribution in [1.82, 2.24) is 0 Å². The number of allylic oxidation sites excluding steroid dienone is 2. The van der Waals surface area contributed by atoms with E-state index in [1.807, 2.05) is 0 Å². The molecule has 0 saturated heterocycles. The van der Waals surface area contributed by atoms with Gasteiger partial charge in [-0.15, -0.1) is 0 Å². The van der Waals surface area contributed by atoms with Gasteiger partial charge in [-0.05, 0) is 25.0 Å². The van der Waals surface area contributed by atoms with Crippen LogP contribution in [0.15, 0.2) is 60.7 Å². The van der Waals surface area contributed by atoms with Crippen molar-refractivity contribution in [3.8, 4) is 0 Å². The van der Waals surface area contributed by atoms with Crippen molar-refractivity contribution < 1.29 is 0 Å². The summed E-state index contributed by atoms with van der Waals surface area (Å²) in [5.41, 5.74) is 5.06. The zero-order valence-corrected chi connectivity index (χ0v) is 10.9. The van der Waals surface area contributed by atoms with Crippen LogP contribution in [0.4, 0.5) is 0 Å². The van der Waals surface area contributed by atoms with Crippen LogP contribution in [0.3, 0.4) is 0 Å². The molecule has 2 aromatic rings. The van der Waals surface area contributed by atoms with Gasteiger partial charge in [0, 0.05) is 0 Å². The predicted octanol–water partition coefficient (Wildman–Crippen LogP) is 5.03. The van der Waals surface area contributed by atoms with Crippen LogP contribution in [0.2, 0.25) is 0 Å². The fourth-order valence-electron chi connectivity index (χ4n) is 1.78. The molecule has 0 radical (unpaired) electrons. The Balaban J connectivity index is 2.01. The third-order valence-corrected chi connectivity index (χ3v) is 2.81. The molecule has 0 nitrogen and oxygen atoms in total. The van der Waals surface area contributed by atoms with Crippen molar-refractivity contribution in [1.29, 1.82) is 0 Å². The maximum Gasteiger partial charge on any atom is -0.0254 e. The van der Waals surface area contributed by atoms with Crippen LogP contribution in [-0.4, -0.2) is 0 Å². The quantitative estimate of drug-likeness (QED) is 0.653. The van der Waals surface area contributed by atoms with Crippen molar-refractivity contribution in [3.05, 3.63) is 82.9 Å². The zero-order valence-electron chi connectivity index (χ0n) is 10.9. The molecule has 0 unspecified atom stereocenters. The highest BCUT2D eigenvalue weighted by Crippen LogP contribution is 2.07. The lowest BCUT2D eigenvalue weighted by atomic mass is 10.1. The van der Waals surface area contributed by atoms with Crippen LogP contribution in [0.25, 0.3) is 12.2 Å². The van der Waals surface area contributed by atoms with Gasteiger partial charge in [-0.25, -0.2) is 0 Å². The van der Waals surface area contributed by atoms with Gasteiger partial charge >= 0.3 is 0 Å². The summed E-state index contributed by atoms with van der Waals surface area (Å²) in [4.78, 5) is 0. The Labute approximate surface area is 109 Å². The Morgan fingerprint density at radius 2 is 1.33 bits per heavy atom. The van der Waals surface area contributed by atoms with Crippen LogP contribution in [0.5, 0.6) is 0 Å². The van der Waals surface area contributed by atoms with Crippen LogP contribution < -0.4 is 0 Å². The lowest BCUT2D eigenvalue weighted by molar-refractivity contribution is 1.46. The van der Waals surface area contributed by atoms with Gasteiger partial charge < -0.3 is 0 Å². The fourth-order valence-corrected chi connectivity index (χ4v) is 1.78. The van der Waals surface area contributed by atoms with Crippen LogP contribution in [0, 0.1) is 13.8 Å². The molecule has 18 heavy (non-hydrogen) atoms. The number of hydrogen-bond donors (Lipinski definition) is 0. The zero-order chi connectivity index (χ0) is 12.8. The van der Waals surface area contributed by atoms with Crippen LogP contribution in [0.1, 0.15) is 22.3 Å². The molecule has 0 spiro atoms. The minimum absolute atomic E-state index is 1.23. The van der Waals surface area contributed by atoms with Crippen molar-refractivity contribution in [3.63, 3.8) is 0 Å². The van der Waals surface area contributed by atoms with E-state index in [2.05, 4.69) is 86.7 Å². The predicted molar refractivity (Wildman–Crippen MR) is 80.4 cm³/mol. The number of aryl methyl sites for hydroxylation is 2. The van der Waals surface area contributed by atoms with E-state index in [0.29, 0.717) is 0 Å². The fraction of sp³-hybridized carbons (Fsp3) is 0.111. The second kappa shape index (κ2) is 6.02. The summed E-state index contributed by atoms with van der Waals surface area (Å²) in [6.45, 7) is 4.21. The van der Waals surface area contributed by atoms with Crippen molar-refractivity contribution in [2.45, 2.75) is 13.8 Å². The molecule has 2 rings (SSSR count). The van der Waals surface area contributed by atoms with Crippen LogP contribution in [-0.2, 0) is 0 Å². The Kier molecular flexibility index (Phi) is 4.14. The van der Waals surface area contributed by atoms with E-state index >= 15 is 0 Å². The summed E-state index contributed by atoms with van der Waals surface area (Å²) in [7, 11) is 0. The number of benzene rings is 2. The molecular formula is C18H18. The van der Waals surface area contributed by atoms with Crippen molar-refractivity contribution in [2.75, 3.05) is 0 Å². The molecule has 0 heterocycles. The van der Waals surface area contributed by atoms with E-state index in [0.717, 1.165) is 0 Å². The molecule has 0 aliphatic rings. The molecule has 0 aliphatic heterocycles. The van der Waals surface area contributed by atoms with E-state index in [9.17, 15) is 0 Å². The first-order chi connectivity index (χ1) is 8.74. The first-order valence-corrected chi connectivity index (χ1v) is 6.22. The standard InChI is InChI=1S/C18H18/c1-15-10-12-17(13-11-15)7-3-4-8-18-9-5-6-16(2)14-18/h3-14H,1-2H3. The molecule has 0 aromatic heterocycles. The van der Waals surface area contributed by atoms with Gasteiger partial charge in [0.25, 0.3) is 0 Å². The van der Waals surface area contributed by atoms with E-state index in [1.54, 1.807) is 0 Å². The topological polar surface area (TPSA) is 0 Å². The molecule has 0 saturated carbocycles. The Morgan fingerprint density at radius 1 is 0.667 bits per heavy atom. The lowest BCUT2D eigenvalue weighted by Crippen LogP contribution is -1.74. The second-order valence-electron chi connectivity index (χ2n) is 4.54. The van der Waals surface area contributed by atoms with Crippen LogP contribution >= 0.6 is 0 Å².